The maximum atomic E-state index is 11.5. The molecule has 0 radical (unpaired) electrons. The lowest BCUT2D eigenvalue weighted by atomic mass is 9.87. The molecular formula is C10H14N2O2. The van der Waals surface area contributed by atoms with Gasteiger partial charge in [0.2, 0.25) is 0 Å². The summed E-state index contributed by atoms with van der Waals surface area (Å²) in [5.74, 6) is -0.328. The normalized spacial score (nSPS) is 20.3. The molecule has 0 fully saturated rings. The number of aromatic amines is 1. The Morgan fingerprint density at radius 2 is 2.43 bits per heavy atom. The van der Waals surface area contributed by atoms with Gasteiger partial charge in [-0.3, -0.25) is 9.89 Å². The molecule has 1 aliphatic carbocycles. The minimum absolute atomic E-state index is 0.159. The van der Waals surface area contributed by atoms with Gasteiger partial charge in [-0.25, -0.2) is 0 Å². The van der Waals surface area contributed by atoms with E-state index in [0.29, 0.717) is 0 Å². The first-order chi connectivity index (χ1) is 6.74. The van der Waals surface area contributed by atoms with Gasteiger partial charge in [-0.1, -0.05) is 0 Å². The molecule has 0 bridgehead atoms. The number of aromatic nitrogens is 2. The van der Waals surface area contributed by atoms with Crippen LogP contribution in [0.1, 0.15) is 35.7 Å². The summed E-state index contributed by atoms with van der Waals surface area (Å²) >= 11 is 0. The molecule has 0 aromatic carbocycles. The van der Waals surface area contributed by atoms with Gasteiger partial charge in [0.1, 0.15) is 5.92 Å². The van der Waals surface area contributed by atoms with Crippen molar-refractivity contribution in [1.29, 1.82) is 0 Å². The lowest BCUT2D eigenvalue weighted by Crippen LogP contribution is -2.19. The molecule has 2 rings (SSSR count). The number of carbonyl (C=O) groups excluding carboxylic acids is 1. The molecule has 1 aromatic heterocycles. The lowest BCUT2D eigenvalue weighted by Gasteiger charge is -2.18. The first kappa shape index (κ1) is 9.24. The van der Waals surface area contributed by atoms with Crippen LogP contribution in [0.5, 0.6) is 0 Å². The molecule has 0 amide bonds. The molecule has 1 heterocycles. The van der Waals surface area contributed by atoms with Crippen molar-refractivity contribution in [1.82, 2.24) is 10.2 Å². The zero-order valence-corrected chi connectivity index (χ0v) is 8.46. The number of ether oxygens (including phenoxy) is 1. The number of nitrogens with one attached hydrogen (secondary N) is 1. The fraction of sp³-hybridized carbons (Fsp3) is 0.600. The maximum Gasteiger partial charge on any atom is 0.314 e. The van der Waals surface area contributed by atoms with Crippen molar-refractivity contribution in [2.75, 3.05) is 7.11 Å². The van der Waals surface area contributed by atoms with Crippen molar-refractivity contribution in [3.05, 3.63) is 17.0 Å². The summed E-state index contributed by atoms with van der Waals surface area (Å²) in [6, 6.07) is 0. The summed E-state index contributed by atoms with van der Waals surface area (Å²) < 4.78 is 4.76. The topological polar surface area (TPSA) is 55.0 Å². The Balaban J connectivity index is 2.36. The van der Waals surface area contributed by atoms with Gasteiger partial charge in [-0.2, -0.15) is 5.10 Å². The van der Waals surface area contributed by atoms with Crippen LogP contribution in [0.15, 0.2) is 0 Å². The largest absolute Gasteiger partial charge is 0.469 e. The molecule has 0 aliphatic heterocycles. The second kappa shape index (κ2) is 3.44. The van der Waals surface area contributed by atoms with Crippen molar-refractivity contribution < 1.29 is 9.53 Å². The first-order valence-electron chi connectivity index (χ1n) is 4.85. The van der Waals surface area contributed by atoms with E-state index in [2.05, 4.69) is 10.2 Å². The summed E-state index contributed by atoms with van der Waals surface area (Å²) in [7, 11) is 1.43. The van der Waals surface area contributed by atoms with Crippen LogP contribution in [0.4, 0.5) is 0 Å². The van der Waals surface area contributed by atoms with E-state index >= 15 is 0 Å². The van der Waals surface area contributed by atoms with Crippen LogP contribution in [0.3, 0.4) is 0 Å². The summed E-state index contributed by atoms with van der Waals surface area (Å²) in [5.41, 5.74) is 3.17. The van der Waals surface area contributed by atoms with Crippen LogP contribution >= 0.6 is 0 Å². The minimum Gasteiger partial charge on any atom is -0.469 e. The van der Waals surface area contributed by atoms with Gasteiger partial charge < -0.3 is 4.74 Å². The van der Waals surface area contributed by atoms with E-state index in [0.717, 1.165) is 30.7 Å². The Hall–Kier alpha value is -1.32. The van der Waals surface area contributed by atoms with E-state index in [1.807, 2.05) is 6.92 Å². The zero-order chi connectivity index (χ0) is 10.1. The van der Waals surface area contributed by atoms with Gasteiger partial charge in [-0.05, 0) is 31.7 Å². The number of carbonyl (C=O) groups is 1. The predicted octanol–water partition coefficient (Wildman–Crippen LogP) is 1.31. The van der Waals surface area contributed by atoms with E-state index < -0.39 is 0 Å². The second-order valence-corrected chi connectivity index (χ2v) is 3.68. The lowest BCUT2D eigenvalue weighted by molar-refractivity contribution is -0.142. The third kappa shape index (κ3) is 1.31. The van der Waals surface area contributed by atoms with Gasteiger partial charge >= 0.3 is 5.97 Å². The molecule has 14 heavy (non-hydrogen) atoms. The third-order valence-electron chi connectivity index (χ3n) is 2.84. The summed E-state index contributed by atoms with van der Waals surface area (Å²) in [6.45, 7) is 1.99. The molecule has 4 nitrogen and oxygen atoms in total. The quantitative estimate of drug-likeness (QED) is 0.686. The van der Waals surface area contributed by atoms with E-state index in [4.69, 9.17) is 4.74 Å². The number of nitrogens with zero attached hydrogens (tertiary/aromatic N) is 1. The van der Waals surface area contributed by atoms with E-state index in [1.54, 1.807) is 0 Å². The van der Waals surface area contributed by atoms with Gasteiger partial charge in [-0.15, -0.1) is 0 Å². The van der Waals surface area contributed by atoms with Gasteiger partial charge in [0.05, 0.1) is 12.8 Å². The first-order valence-corrected chi connectivity index (χ1v) is 4.85. The van der Waals surface area contributed by atoms with Gasteiger partial charge in [0.25, 0.3) is 0 Å². The number of esters is 1. The average molecular weight is 194 g/mol. The standard InChI is InChI=1S/C10H14N2O2/c1-6-7-4-3-5-8(10(13)14-2)9(7)12-11-6/h8H,3-5H2,1-2H3,(H,11,12). The molecular weight excluding hydrogens is 180 g/mol. The molecule has 1 atom stereocenters. The Morgan fingerprint density at radius 3 is 3.14 bits per heavy atom. The number of H-pyrrole nitrogens is 1. The Labute approximate surface area is 82.7 Å². The summed E-state index contributed by atoms with van der Waals surface area (Å²) in [6.07, 6.45) is 2.91. The number of fused-ring (bicyclic) bond motifs is 1. The molecule has 76 valence electrons. The van der Waals surface area contributed by atoms with Crippen LogP contribution in [0.2, 0.25) is 0 Å². The van der Waals surface area contributed by atoms with Crippen molar-refractivity contribution in [2.45, 2.75) is 32.1 Å². The highest BCUT2D eigenvalue weighted by molar-refractivity contribution is 5.78. The van der Waals surface area contributed by atoms with Gasteiger partial charge in [0, 0.05) is 5.69 Å². The molecule has 4 heteroatoms. The molecule has 1 unspecified atom stereocenters. The predicted molar refractivity (Wildman–Crippen MR) is 51.0 cm³/mol. The number of rotatable bonds is 1. The fourth-order valence-electron chi connectivity index (χ4n) is 2.07. The Bertz CT molecular complexity index is 357. The third-order valence-corrected chi connectivity index (χ3v) is 2.84. The summed E-state index contributed by atoms with van der Waals surface area (Å²) in [4.78, 5) is 11.5. The number of hydrogen-bond acceptors (Lipinski definition) is 3. The Morgan fingerprint density at radius 1 is 1.64 bits per heavy atom. The van der Waals surface area contributed by atoms with E-state index in [-0.39, 0.29) is 11.9 Å². The molecule has 1 aliphatic rings. The molecule has 0 saturated carbocycles. The number of hydrogen-bond donors (Lipinski definition) is 1. The van der Waals surface area contributed by atoms with Crippen molar-refractivity contribution in [2.24, 2.45) is 0 Å². The molecule has 1 N–H and O–H groups in total. The van der Waals surface area contributed by atoms with Gasteiger partial charge in [0.15, 0.2) is 0 Å². The zero-order valence-electron chi connectivity index (χ0n) is 8.46. The highest BCUT2D eigenvalue weighted by atomic mass is 16.5. The SMILES string of the molecule is COC(=O)C1CCCc2c1n[nH]c2C. The van der Waals surface area contributed by atoms with Crippen molar-refractivity contribution in [3.8, 4) is 0 Å². The Kier molecular flexibility index (Phi) is 2.27. The van der Waals surface area contributed by atoms with Crippen LogP contribution in [0.25, 0.3) is 0 Å². The molecule has 0 spiro atoms. The average Bonchev–Trinajstić information content (AvgIpc) is 2.59. The monoisotopic (exact) mass is 194 g/mol. The molecule has 1 aromatic rings. The fourth-order valence-corrected chi connectivity index (χ4v) is 2.07. The van der Waals surface area contributed by atoms with E-state index in [9.17, 15) is 4.79 Å². The van der Waals surface area contributed by atoms with Crippen molar-refractivity contribution >= 4 is 5.97 Å². The summed E-state index contributed by atoms with van der Waals surface area (Å²) in [5, 5.41) is 7.11. The minimum atomic E-state index is -0.169. The van der Waals surface area contributed by atoms with E-state index in [1.165, 1.54) is 12.7 Å². The highest BCUT2D eigenvalue weighted by Crippen LogP contribution is 2.32. The second-order valence-electron chi connectivity index (χ2n) is 3.68. The van der Waals surface area contributed by atoms with Crippen LogP contribution in [-0.2, 0) is 16.0 Å². The number of methoxy groups -OCH3 is 1. The molecule has 0 saturated heterocycles. The smallest absolute Gasteiger partial charge is 0.314 e. The van der Waals surface area contributed by atoms with Crippen LogP contribution in [0, 0.1) is 6.92 Å². The maximum absolute atomic E-state index is 11.5. The van der Waals surface area contributed by atoms with Crippen LogP contribution in [-0.4, -0.2) is 23.3 Å². The highest BCUT2D eigenvalue weighted by Gasteiger charge is 2.30. The number of aryl methyl sites for hydroxylation is 1. The van der Waals surface area contributed by atoms with Crippen LogP contribution < -0.4 is 0 Å². The van der Waals surface area contributed by atoms with Crippen molar-refractivity contribution in [3.63, 3.8) is 0 Å².